The van der Waals surface area contributed by atoms with Crippen molar-refractivity contribution in [2.45, 2.75) is 38.4 Å². The Labute approximate surface area is 112 Å². The van der Waals surface area contributed by atoms with Crippen LogP contribution in [0.2, 0.25) is 0 Å². The first kappa shape index (κ1) is 13.7. The molecule has 1 saturated heterocycles. The fourth-order valence-corrected chi connectivity index (χ4v) is 2.05. The van der Waals surface area contributed by atoms with Gasteiger partial charge in [-0.2, -0.15) is 0 Å². The molecule has 1 fully saturated rings. The molecule has 2 atom stereocenters. The molecule has 1 aromatic heterocycles. The predicted octanol–water partition coefficient (Wildman–Crippen LogP) is 1.17. The molecule has 1 N–H and O–H groups in total. The largest absolute Gasteiger partial charge is 0.444 e. The minimum atomic E-state index is -0.635. The number of hydrogen-bond donors (Lipinski definition) is 1. The van der Waals surface area contributed by atoms with E-state index in [0.717, 1.165) is 0 Å². The van der Waals surface area contributed by atoms with Gasteiger partial charge in [-0.05, 0) is 20.8 Å². The fourth-order valence-electron chi connectivity index (χ4n) is 2.05. The van der Waals surface area contributed by atoms with Gasteiger partial charge in [-0.3, -0.25) is 9.97 Å². The van der Waals surface area contributed by atoms with Crippen molar-refractivity contribution in [3.63, 3.8) is 0 Å². The average Bonchev–Trinajstić information content (AvgIpc) is 2.70. The number of hydrogen-bond acceptors (Lipinski definition) is 5. The molecule has 2 rings (SSSR count). The lowest BCUT2D eigenvalue weighted by atomic mass is 10.0. The number of carbonyl (C=O) groups excluding carboxylic acids is 1. The van der Waals surface area contributed by atoms with Crippen LogP contribution >= 0.6 is 0 Å². The van der Waals surface area contributed by atoms with E-state index in [4.69, 9.17) is 4.74 Å². The van der Waals surface area contributed by atoms with E-state index in [1.807, 2.05) is 20.8 Å². The molecular weight excluding hydrogens is 246 g/mol. The highest BCUT2D eigenvalue weighted by molar-refractivity contribution is 5.68. The fraction of sp³-hybridized carbons (Fsp3) is 0.615. The van der Waals surface area contributed by atoms with Crippen LogP contribution in [0.15, 0.2) is 18.6 Å². The van der Waals surface area contributed by atoms with E-state index in [1.54, 1.807) is 18.6 Å². The molecule has 2 heterocycles. The van der Waals surface area contributed by atoms with E-state index in [-0.39, 0.29) is 12.5 Å². The predicted molar refractivity (Wildman–Crippen MR) is 68.6 cm³/mol. The minimum absolute atomic E-state index is 0.207. The third-order valence-electron chi connectivity index (χ3n) is 2.90. The molecule has 0 saturated carbocycles. The molecule has 6 nitrogen and oxygen atoms in total. The van der Waals surface area contributed by atoms with Gasteiger partial charge in [0, 0.05) is 31.1 Å². The van der Waals surface area contributed by atoms with Crippen LogP contribution in [-0.4, -0.2) is 50.9 Å². The summed E-state index contributed by atoms with van der Waals surface area (Å²) in [6.45, 7) is 6.11. The van der Waals surface area contributed by atoms with Gasteiger partial charge in [0.25, 0.3) is 0 Å². The maximum atomic E-state index is 11.9. The molecular formula is C13H19N3O3. The van der Waals surface area contributed by atoms with Crippen molar-refractivity contribution >= 4 is 6.09 Å². The summed E-state index contributed by atoms with van der Waals surface area (Å²) in [6, 6.07) is 0. The van der Waals surface area contributed by atoms with Crippen LogP contribution in [0.5, 0.6) is 0 Å². The Morgan fingerprint density at radius 1 is 1.42 bits per heavy atom. The zero-order valence-electron chi connectivity index (χ0n) is 11.4. The number of aliphatic hydroxyl groups excluding tert-OH is 1. The van der Waals surface area contributed by atoms with Crippen molar-refractivity contribution in [2.75, 3.05) is 13.1 Å². The summed E-state index contributed by atoms with van der Waals surface area (Å²) in [4.78, 5) is 21.6. The van der Waals surface area contributed by atoms with E-state index in [0.29, 0.717) is 12.2 Å². The van der Waals surface area contributed by atoms with Crippen LogP contribution < -0.4 is 0 Å². The van der Waals surface area contributed by atoms with E-state index in [2.05, 4.69) is 9.97 Å². The van der Waals surface area contributed by atoms with E-state index in [9.17, 15) is 9.90 Å². The van der Waals surface area contributed by atoms with E-state index < -0.39 is 17.8 Å². The van der Waals surface area contributed by atoms with Gasteiger partial charge in [-0.1, -0.05) is 0 Å². The molecule has 0 bridgehead atoms. The van der Waals surface area contributed by atoms with Crippen molar-refractivity contribution in [1.82, 2.24) is 14.9 Å². The van der Waals surface area contributed by atoms with Crippen LogP contribution in [-0.2, 0) is 4.74 Å². The van der Waals surface area contributed by atoms with Crippen molar-refractivity contribution in [2.24, 2.45) is 0 Å². The summed E-state index contributed by atoms with van der Waals surface area (Å²) in [6.07, 6.45) is 3.74. The summed E-state index contributed by atoms with van der Waals surface area (Å²) in [5.74, 6) is -0.207. The topological polar surface area (TPSA) is 75.5 Å². The molecule has 0 radical (unpaired) electrons. The Balaban J connectivity index is 2.04. The van der Waals surface area contributed by atoms with Crippen molar-refractivity contribution < 1.29 is 14.6 Å². The monoisotopic (exact) mass is 265 g/mol. The van der Waals surface area contributed by atoms with E-state index >= 15 is 0 Å². The molecule has 1 aliphatic rings. The highest BCUT2D eigenvalue weighted by Crippen LogP contribution is 2.26. The Bertz CT molecular complexity index is 444. The first-order chi connectivity index (χ1) is 8.87. The minimum Gasteiger partial charge on any atom is -0.444 e. The number of amides is 1. The maximum Gasteiger partial charge on any atom is 0.410 e. The van der Waals surface area contributed by atoms with Crippen LogP contribution in [0, 0.1) is 0 Å². The Morgan fingerprint density at radius 3 is 2.74 bits per heavy atom. The lowest BCUT2D eigenvalue weighted by Gasteiger charge is -2.24. The summed E-state index contributed by atoms with van der Waals surface area (Å²) >= 11 is 0. The van der Waals surface area contributed by atoms with Crippen molar-refractivity contribution in [3.05, 3.63) is 24.3 Å². The first-order valence-corrected chi connectivity index (χ1v) is 6.29. The second-order valence-electron chi connectivity index (χ2n) is 5.69. The number of carbonyl (C=O) groups is 1. The lowest BCUT2D eigenvalue weighted by molar-refractivity contribution is 0.0270. The van der Waals surface area contributed by atoms with Gasteiger partial charge in [0.05, 0.1) is 18.3 Å². The van der Waals surface area contributed by atoms with Gasteiger partial charge in [0.15, 0.2) is 0 Å². The van der Waals surface area contributed by atoms with Crippen LogP contribution in [0.3, 0.4) is 0 Å². The van der Waals surface area contributed by atoms with Crippen molar-refractivity contribution in [3.8, 4) is 0 Å². The average molecular weight is 265 g/mol. The third kappa shape index (κ3) is 3.41. The third-order valence-corrected chi connectivity index (χ3v) is 2.90. The van der Waals surface area contributed by atoms with Crippen LogP contribution in [0.1, 0.15) is 32.4 Å². The molecule has 1 aliphatic heterocycles. The molecule has 19 heavy (non-hydrogen) atoms. The Kier molecular flexibility index (Phi) is 3.71. The molecule has 0 unspecified atom stereocenters. The smallest absolute Gasteiger partial charge is 0.410 e. The van der Waals surface area contributed by atoms with Gasteiger partial charge in [-0.25, -0.2) is 4.79 Å². The highest BCUT2D eigenvalue weighted by atomic mass is 16.6. The first-order valence-electron chi connectivity index (χ1n) is 6.29. The van der Waals surface area contributed by atoms with Gasteiger partial charge in [0.2, 0.25) is 0 Å². The number of ether oxygens (including phenoxy) is 1. The second kappa shape index (κ2) is 5.13. The Morgan fingerprint density at radius 2 is 2.16 bits per heavy atom. The van der Waals surface area contributed by atoms with Crippen molar-refractivity contribution in [1.29, 1.82) is 0 Å². The number of aliphatic hydroxyl groups is 1. The van der Waals surface area contributed by atoms with Gasteiger partial charge < -0.3 is 14.7 Å². The van der Waals surface area contributed by atoms with Crippen LogP contribution in [0.25, 0.3) is 0 Å². The number of likely N-dealkylation sites (tertiary alicyclic amines) is 1. The number of β-amino-alcohol motifs (C(OH)–C–C–N with tert-alkyl or cyclic N) is 1. The number of nitrogens with zero attached hydrogens (tertiary/aromatic N) is 3. The van der Waals surface area contributed by atoms with E-state index in [1.165, 1.54) is 4.90 Å². The van der Waals surface area contributed by atoms with Gasteiger partial charge in [0.1, 0.15) is 5.60 Å². The second-order valence-corrected chi connectivity index (χ2v) is 5.69. The molecule has 0 aliphatic carbocycles. The lowest BCUT2D eigenvalue weighted by Crippen LogP contribution is -2.35. The molecule has 0 aromatic carbocycles. The summed E-state index contributed by atoms with van der Waals surface area (Å²) in [5.41, 5.74) is 0.160. The van der Waals surface area contributed by atoms with Gasteiger partial charge >= 0.3 is 6.09 Å². The standard InChI is InChI=1S/C13H19N3O3/c1-13(2,3)19-12(18)16-7-9(11(17)8-16)10-6-14-4-5-15-10/h4-6,9,11,17H,7-8H2,1-3H3/t9-,11+/m0/s1. The number of rotatable bonds is 1. The zero-order valence-corrected chi connectivity index (χ0v) is 11.4. The number of aromatic nitrogens is 2. The van der Waals surface area contributed by atoms with Crippen LogP contribution in [0.4, 0.5) is 4.79 Å². The quantitative estimate of drug-likeness (QED) is 0.825. The van der Waals surface area contributed by atoms with Gasteiger partial charge in [-0.15, -0.1) is 0 Å². The normalized spacial score (nSPS) is 23.5. The summed E-state index contributed by atoms with van der Waals surface area (Å²) in [5, 5.41) is 10.0. The molecule has 6 heteroatoms. The molecule has 1 amide bonds. The molecule has 104 valence electrons. The Hall–Kier alpha value is -1.69. The SMILES string of the molecule is CC(C)(C)OC(=O)N1C[C@@H](O)[C@H](c2cnccn2)C1. The summed E-state index contributed by atoms with van der Waals surface area (Å²) in [7, 11) is 0. The molecule has 1 aromatic rings. The highest BCUT2D eigenvalue weighted by Gasteiger charge is 2.37. The zero-order chi connectivity index (χ0) is 14.0. The maximum absolute atomic E-state index is 11.9. The molecule has 0 spiro atoms. The summed E-state index contributed by atoms with van der Waals surface area (Å²) < 4.78 is 5.29.